The van der Waals surface area contributed by atoms with E-state index in [-0.39, 0.29) is 0 Å². The van der Waals surface area contributed by atoms with E-state index in [1.165, 1.54) is 10.8 Å². The topological polar surface area (TPSA) is 43.9 Å². The normalized spacial score (nSPS) is 11.9. The molecule has 3 heterocycles. The molecular weight excluding hydrogens is 562 g/mol. The highest BCUT2D eigenvalue weighted by Gasteiger charge is 2.23. The van der Waals surface area contributed by atoms with E-state index in [0.717, 1.165) is 83.0 Å². The Morgan fingerprint density at radius 2 is 1.15 bits per heavy atom. The summed E-state index contributed by atoms with van der Waals surface area (Å²) < 4.78 is 9.03. The number of para-hydroxylation sites is 5. The van der Waals surface area contributed by atoms with Crippen LogP contribution in [0.3, 0.4) is 0 Å². The molecule has 4 heteroatoms. The zero-order chi connectivity index (χ0) is 30.2. The van der Waals surface area contributed by atoms with Gasteiger partial charge < -0.3 is 4.42 Å². The van der Waals surface area contributed by atoms with E-state index >= 15 is 0 Å². The van der Waals surface area contributed by atoms with Crippen molar-refractivity contribution in [3.05, 3.63) is 152 Å². The van der Waals surface area contributed by atoms with Crippen molar-refractivity contribution in [1.29, 1.82) is 0 Å². The molecule has 0 saturated heterocycles. The minimum Gasteiger partial charge on any atom is -0.455 e. The number of aromatic nitrogens is 3. The van der Waals surface area contributed by atoms with Crippen molar-refractivity contribution in [1.82, 2.24) is 14.5 Å². The van der Waals surface area contributed by atoms with Crippen LogP contribution in [0.5, 0.6) is 0 Å². The van der Waals surface area contributed by atoms with Crippen LogP contribution in [0.15, 0.2) is 156 Å². The minimum absolute atomic E-state index is 0.798. The number of benzene rings is 7. The molecule has 214 valence electrons. The molecule has 0 bridgehead atoms. The molecule has 7 aromatic carbocycles. The molecule has 0 atom stereocenters. The molecular formula is C42H25N3O. The quantitative estimate of drug-likeness (QED) is 0.207. The van der Waals surface area contributed by atoms with Crippen molar-refractivity contribution in [2.75, 3.05) is 0 Å². The number of hydrogen-bond donors (Lipinski definition) is 0. The van der Waals surface area contributed by atoms with Crippen LogP contribution >= 0.6 is 0 Å². The molecule has 0 aliphatic heterocycles. The van der Waals surface area contributed by atoms with Gasteiger partial charge in [0, 0.05) is 38.2 Å². The van der Waals surface area contributed by atoms with Crippen LogP contribution in [0.25, 0.3) is 93.8 Å². The summed E-state index contributed by atoms with van der Waals surface area (Å²) in [7, 11) is 0. The average molecular weight is 588 g/mol. The van der Waals surface area contributed by atoms with Gasteiger partial charge >= 0.3 is 0 Å². The lowest BCUT2D eigenvalue weighted by molar-refractivity contribution is 0.670. The smallest absolute Gasteiger partial charge is 0.165 e. The molecule has 0 saturated carbocycles. The van der Waals surface area contributed by atoms with Gasteiger partial charge in [-0.05, 0) is 35.0 Å². The summed E-state index contributed by atoms with van der Waals surface area (Å²) >= 11 is 0. The van der Waals surface area contributed by atoms with Crippen molar-refractivity contribution in [3.63, 3.8) is 0 Å². The van der Waals surface area contributed by atoms with Gasteiger partial charge in [0.15, 0.2) is 5.82 Å². The van der Waals surface area contributed by atoms with E-state index < -0.39 is 0 Å². The first kappa shape index (κ1) is 25.1. The Morgan fingerprint density at radius 1 is 0.478 bits per heavy atom. The molecule has 0 aliphatic carbocycles. The molecule has 4 nitrogen and oxygen atoms in total. The van der Waals surface area contributed by atoms with Gasteiger partial charge in [0.05, 0.1) is 22.1 Å². The number of hydrogen-bond acceptors (Lipinski definition) is 3. The molecule has 10 rings (SSSR count). The Bertz CT molecular complexity index is 2810. The molecule has 3 aromatic heterocycles. The van der Waals surface area contributed by atoms with Crippen molar-refractivity contribution in [2.24, 2.45) is 0 Å². The van der Waals surface area contributed by atoms with Crippen molar-refractivity contribution in [2.45, 2.75) is 0 Å². The predicted molar refractivity (Wildman–Crippen MR) is 190 cm³/mol. The van der Waals surface area contributed by atoms with Gasteiger partial charge in [0.25, 0.3) is 0 Å². The largest absolute Gasteiger partial charge is 0.455 e. The number of nitrogens with zero attached hydrogens (tertiary/aromatic N) is 3. The monoisotopic (exact) mass is 587 g/mol. The average Bonchev–Trinajstić information content (AvgIpc) is 3.68. The Morgan fingerprint density at radius 3 is 2.02 bits per heavy atom. The maximum absolute atomic E-state index is 6.73. The van der Waals surface area contributed by atoms with Gasteiger partial charge in [-0.1, -0.05) is 127 Å². The summed E-state index contributed by atoms with van der Waals surface area (Å²) in [5.74, 6) is 0.798. The van der Waals surface area contributed by atoms with Gasteiger partial charge in [0.2, 0.25) is 0 Å². The third-order valence-electron chi connectivity index (χ3n) is 9.18. The van der Waals surface area contributed by atoms with Gasteiger partial charge in [0.1, 0.15) is 16.9 Å². The first-order valence-corrected chi connectivity index (χ1v) is 15.5. The van der Waals surface area contributed by atoms with Crippen LogP contribution in [0, 0.1) is 0 Å². The molecule has 46 heavy (non-hydrogen) atoms. The van der Waals surface area contributed by atoms with Crippen molar-refractivity contribution < 1.29 is 4.42 Å². The molecule has 0 amide bonds. The van der Waals surface area contributed by atoms with E-state index in [0.29, 0.717) is 0 Å². The standard InChI is InChI=1S/C42H25N3O/c1-2-13-27(14-3-1)39-42(44-35-22-8-7-21-34(35)43-39)45-36-23-9-6-16-29(36)30-17-10-18-31(40(30)45)32-19-11-20-33-38-28-15-5-4-12-26(28)24-25-37(38)46-41(32)33/h1-25H. The van der Waals surface area contributed by atoms with E-state index in [1.807, 2.05) is 30.3 Å². The van der Waals surface area contributed by atoms with Crippen LogP contribution in [-0.2, 0) is 0 Å². The maximum atomic E-state index is 6.73. The van der Waals surface area contributed by atoms with Crippen LogP contribution in [-0.4, -0.2) is 14.5 Å². The molecule has 0 unspecified atom stereocenters. The highest BCUT2D eigenvalue weighted by molar-refractivity contribution is 6.22. The summed E-state index contributed by atoms with van der Waals surface area (Å²) in [4.78, 5) is 10.6. The lowest BCUT2D eigenvalue weighted by Crippen LogP contribution is -2.04. The molecule has 0 fully saturated rings. The zero-order valence-electron chi connectivity index (χ0n) is 24.7. The fraction of sp³-hybridized carbons (Fsp3) is 0. The van der Waals surface area contributed by atoms with Crippen molar-refractivity contribution in [3.8, 4) is 28.2 Å². The predicted octanol–water partition coefficient (Wildman–Crippen LogP) is 11.1. The van der Waals surface area contributed by atoms with E-state index in [9.17, 15) is 0 Å². The first-order chi connectivity index (χ1) is 22.8. The SMILES string of the molecule is c1ccc(-c2nc3ccccc3nc2-n2c3ccccc3c3cccc(-c4cccc5c4oc4ccc6ccccc6c45)c32)cc1. The zero-order valence-corrected chi connectivity index (χ0v) is 24.7. The highest BCUT2D eigenvalue weighted by Crippen LogP contribution is 2.44. The first-order valence-electron chi connectivity index (χ1n) is 15.5. The Labute approximate surface area is 263 Å². The summed E-state index contributed by atoms with van der Waals surface area (Å²) in [5, 5.41) is 6.97. The van der Waals surface area contributed by atoms with Crippen molar-refractivity contribution >= 4 is 65.6 Å². The fourth-order valence-electron chi connectivity index (χ4n) is 7.17. The minimum atomic E-state index is 0.798. The lowest BCUT2D eigenvalue weighted by Gasteiger charge is -2.15. The van der Waals surface area contributed by atoms with Gasteiger partial charge in [-0.25, -0.2) is 9.97 Å². The van der Waals surface area contributed by atoms with E-state index in [1.54, 1.807) is 0 Å². The second kappa shape index (κ2) is 9.62. The van der Waals surface area contributed by atoms with E-state index in [2.05, 4.69) is 126 Å². The summed E-state index contributed by atoms with van der Waals surface area (Å²) in [6.45, 7) is 0. The number of furan rings is 1. The molecule has 0 N–H and O–H groups in total. The molecule has 0 radical (unpaired) electrons. The van der Waals surface area contributed by atoms with Crippen LogP contribution < -0.4 is 0 Å². The number of rotatable bonds is 3. The summed E-state index contributed by atoms with van der Waals surface area (Å²) in [5.41, 5.74) is 9.62. The van der Waals surface area contributed by atoms with Gasteiger partial charge in [-0.2, -0.15) is 0 Å². The second-order valence-corrected chi connectivity index (χ2v) is 11.7. The van der Waals surface area contributed by atoms with Gasteiger partial charge in [-0.15, -0.1) is 0 Å². The Hall–Kier alpha value is -6.26. The Balaban J connectivity index is 1.36. The fourth-order valence-corrected chi connectivity index (χ4v) is 7.17. The molecule has 10 aromatic rings. The van der Waals surface area contributed by atoms with Gasteiger partial charge in [-0.3, -0.25) is 4.57 Å². The third kappa shape index (κ3) is 3.55. The van der Waals surface area contributed by atoms with E-state index in [4.69, 9.17) is 14.4 Å². The number of fused-ring (bicyclic) bond motifs is 9. The third-order valence-corrected chi connectivity index (χ3v) is 9.18. The Kier molecular flexibility index (Phi) is 5.25. The highest BCUT2D eigenvalue weighted by atomic mass is 16.3. The molecule has 0 aliphatic rings. The summed E-state index contributed by atoms with van der Waals surface area (Å²) in [6.07, 6.45) is 0. The second-order valence-electron chi connectivity index (χ2n) is 11.7. The van der Waals surface area contributed by atoms with Crippen LogP contribution in [0.2, 0.25) is 0 Å². The van der Waals surface area contributed by atoms with Crippen LogP contribution in [0.1, 0.15) is 0 Å². The summed E-state index contributed by atoms with van der Waals surface area (Å²) in [6, 6.07) is 52.8. The maximum Gasteiger partial charge on any atom is 0.165 e. The van der Waals surface area contributed by atoms with Crippen LogP contribution in [0.4, 0.5) is 0 Å². The lowest BCUT2D eigenvalue weighted by atomic mass is 9.98. The molecule has 0 spiro atoms.